The normalized spacial score (nSPS) is 9.93. The van der Waals surface area contributed by atoms with Crippen molar-refractivity contribution < 1.29 is 9.90 Å². The molecular formula is C10H12ClNO2. The molecule has 0 unspecified atom stereocenters. The summed E-state index contributed by atoms with van der Waals surface area (Å²) in [6.45, 7) is 1.88. The third-order valence-corrected chi connectivity index (χ3v) is 2.53. The SMILES string of the molecule is CCc1c(C(=O)O)ccc(NC)c1Cl. The van der Waals surface area contributed by atoms with Crippen LogP contribution in [0.2, 0.25) is 5.02 Å². The topological polar surface area (TPSA) is 49.3 Å². The maximum atomic E-state index is 10.9. The van der Waals surface area contributed by atoms with Crippen LogP contribution in [0, 0.1) is 0 Å². The summed E-state index contributed by atoms with van der Waals surface area (Å²) >= 11 is 6.03. The van der Waals surface area contributed by atoms with Crippen LogP contribution in [0.5, 0.6) is 0 Å². The number of hydrogen-bond acceptors (Lipinski definition) is 2. The summed E-state index contributed by atoms with van der Waals surface area (Å²) in [5.41, 5.74) is 1.70. The molecule has 0 bridgehead atoms. The average molecular weight is 214 g/mol. The number of carboxylic acids is 1. The lowest BCUT2D eigenvalue weighted by Gasteiger charge is -2.10. The number of carboxylic acid groups (broad SMARTS) is 1. The molecule has 0 saturated heterocycles. The Morgan fingerprint density at radius 3 is 2.64 bits per heavy atom. The minimum absolute atomic E-state index is 0.275. The summed E-state index contributed by atoms with van der Waals surface area (Å²) in [4.78, 5) is 10.9. The molecule has 0 fully saturated rings. The van der Waals surface area contributed by atoms with Gasteiger partial charge in [0.2, 0.25) is 0 Å². The van der Waals surface area contributed by atoms with Gasteiger partial charge in [-0.3, -0.25) is 0 Å². The largest absolute Gasteiger partial charge is 0.478 e. The van der Waals surface area contributed by atoms with Crippen molar-refractivity contribution in [3.8, 4) is 0 Å². The molecule has 0 atom stereocenters. The smallest absolute Gasteiger partial charge is 0.336 e. The molecule has 0 amide bonds. The molecular weight excluding hydrogens is 202 g/mol. The van der Waals surface area contributed by atoms with Crippen LogP contribution in [0.15, 0.2) is 12.1 Å². The highest BCUT2D eigenvalue weighted by atomic mass is 35.5. The standard InChI is InChI=1S/C10H12ClNO2/c1-3-6-7(10(13)14)4-5-8(12-2)9(6)11/h4-5,12H,3H2,1-2H3,(H,13,14). The zero-order chi connectivity index (χ0) is 10.7. The van der Waals surface area contributed by atoms with Crippen molar-refractivity contribution in [3.05, 3.63) is 28.3 Å². The van der Waals surface area contributed by atoms with E-state index in [4.69, 9.17) is 16.7 Å². The third kappa shape index (κ3) is 1.82. The summed E-state index contributed by atoms with van der Waals surface area (Å²) in [5, 5.41) is 12.3. The Hall–Kier alpha value is -1.22. The summed E-state index contributed by atoms with van der Waals surface area (Å²) in [6, 6.07) is 3.24. The minimum Gasteiger partial charge on any atom is -0.478 e. The third-order valence-electron chi connectivity index (χ3n) is 2.10. The molecule has 76 valence electrons. The van der Waals surface area contributed by atoms with E-state index in [1.54, 1.807) is 19.2 Å². The maximum Gasteiger partial charge on any atom is 0.336 e. The molecule has 0 radical (unpaired) electrons. The molecule has 0 spiro atoms. The molecule has 1 aromatic carbocycles. The van der Waals surface area contributed by atoms with Crippen LogP contribution >= 0.6 is 11.6 Å². The second-order valence-electron chi connectivity index (χ2n) is 2.86. The van der Waals surface area contributed by atoms with Crippen molar-refractivity contribution in [2.45, 2.75) is 13.3 Å². The van der Waals surface area contributed by atoms with Gasteiger partial charge in [-0.05, 0) is 24.1 Å². The lowest BCUT2D eigenvalue weighted by Crippen LogP contribution is -2.04. The molecule has 0 aliphatic rings. The number of hydrogen-bond donors (Lipinski definition) is 2. The van der Waals surface area contributed by atoms with Crippen molar-refractivity contribution in [2.24, 2.45) is 0 Å². The van der Waals surface area contributed by atoms with Crippen LogP contribution < -0.4 is 5.32 Å². The van der Waals surface area contributed by atoms with Crippen molar-refractivity contribution in [1.29, 1.82) is 0 Å². The van der Waals surface area contributed by atoms with Gasteiger partial charge >= 0.3 is 5.97 Å². The van der Waals surface area contributed by atoms with Crippen LogP contribution in [-0.2, 0) is 6.42 Å². The first-order chi connectivity index (χ1) is 6.61. The van der Waals surface area contributed by atoms with Gasteiger partial charge in [0.15, 0.2) is 0 Å². The fourth-order valence-electron chi connectivity index (χ4n) is 1.36. The first-order valence-corrected chi connectivity index (χ1v) is 4.72. The number of aromatic carboxylic acids is 1. The van der Waals surface area contributed by atoms with Crippen LogP contribution in [0.1, 0.15) is 22.8 Å². The van der Waals surface area contributed by atoms with Gasteiger partial charge in [0.05, 0.1) is 16.3 Å². The number of anilines is 1. The van der Waals surface area contributed by atoms with E-state index in [1.165, 1.54) is 0 Å². The van der Waals surface area contributed by atoms with E-state index in [0.717, 1.165) is 5.69 Å². The molecule has 0 aliphatic heterocycles. The Labute approximate surface area is 87.7 Å². The van der Waals surface area contributed by atoms with Gasteiger partial charge in [-0.15, -0.1) is 0 Å². The van der Waals surface area contributed by atoms with E-state index in [-0.39, 0.29) is 5.56 Å². The Morgan fingerprint density at radius 1 is 1.57 bits per heavy atom. The second-order valence-corrected chi connectivity index (χ2v) is 3.24. The van der Waals surface area contributed by atoms with Gasteiger partial charge in [-0.25, -0.2) is 4.79 Å². The van der Waals surface area contributed by atoms with Gasteiger partial charge in [0.25, 0.3) is 0 Å². The summed E-state index contributed by atoms with van der Waals surface area (Å²) < 4.78 is 0. The second kappa shape index (κ2) is 4.33. The number of benzene rings is 1. The predicted octanol–water partition coefficient (Wildman–Crippen LogP) is 2.64. The summed E-state index contributed by atoms with van der Waals surface area (Å²) in [6.07, 6.45) is 0.607. The molecule has 2 N–H and O–H groups in total. The monoisotopic (exact) mass is 213 g/mol. The lowest BCUT2D eigenvalue weighted by atomic mass is 10.0. The van der Waals surface area contributed by atoms with Gasteiger partial charge in [0.1, 0.15) is 0 Å². The van der Waals surface area contributed by atoms with E-state index in [2.05, 4.69) is 5.32 Å². The van der Waals surface area contributed by atoms with E-state index in [1.807, 2.05) is 6.92 Å². The van der Waals surface area contributed by atoms with Crippen LogP contribution in [0.4, 0.5) is 5.69 Å². The van der Waals surface area contributed by atoms with Crippen molar-refractivity contribution in [1.82, 2.24) is 0 Å². The molecule has 1 rings (SSSR count). The molecule has 0 heterocycles. The zero-order valence-corrected chi connectivity index (χ0v) is 8.85. The maximum absolute atomic E-state index is 10.9. The highest BCUT2D eigenvalue weighted by Gasteiger charge is 2.14. The van der Waals surface area contributed by atoms with Crippen molar-refractivity contribution in [3.63, 3.8) is 0 Å². The Kier molecular flexibility index (Phi) is 3.36. The van der Waals surface area contributed by atoms with Gasteiger partial charge in [-0.2, -0.15) is 0 Å². The van der Waals surface area contributed by atoms with Crippen molar-refractivity contribution >= 4 is 23.3 Å². The Morgan fingerprint density at radius 2 is 2.21 bits per heavy atom. The van der Waals surface area contributed by atoms with Crippen molar-refractivity contribution in [2.75, 3.05) is 12.4 Å². The number of carbonyl (C=O) groups is 1. The molecule has 4 heteroatoms. The van der Waals surface area contributed by atoms with Gasteiger partial charge < -0.3 is 10.4 Å². The number of halogens is 1. The van der Waals surface area contributed by atoms with E-state index < -0.39 is 5.97 Å². The van der Waals surface area contributed by atoms with E-state index in [0.29, 0.717) is 17.0 Å². The molecule has 1 aromatic rings. The quantitative estimate of drug-likeness (QED) is 0.812. The highest BCUT2D eigenvalue weighted by molar-refractivity contribution is 6.34. The molecule has 0 aromatic heterocycles. The average Bonchev–Trinajstić information content (AvgIpc) is 2.17. The minimum atomic E-state index is -0.939. The number of rotatable bonds is 3. The van der Waals surface area contributed by atoms with Crippen LogP contribution in [0.25, 0.3) is 0 Å². The molecule has 0 aliphatic carbocycles. The van der Waals surface area contributed by atoms with E-state index >= 15 is 0 Å². The predicted molar refractivity (Wildman–Crippen MR) is 57.3 cm³/mol. The van der Waals surface area contributed by atoms with Gasteiger partial charge in [-0.1, -0.05) is 18.5 Å². The summed E-state index contributed by atoms with van der Waals surface area (Å²) in [5.74, 6) is -0.939. The zero-order valence-electron chi connectivity index (χ0n) is 8.10. The van der Waals surface area contributed by atoms with E-state index in [9.17, 15) is 4.79 Å². The fraction of sp³-hybridized carbons (Fsp3) is 0.300. The summed E-state index contributed by atoms with van der Waals surface area (Å²) in [7, 11) is 1.75. The Balaban J connectivity index is 3.35. The fourth-order valence-corrected chi connectivity index (χ4v) is 1.75. The molecule has 3 nitrogen and oxygen atoms in total. The highest BCUT2D eigenvalue weighted by Crippen LogP contribution is 2.29. The lowest BCUT2D eigenvalue weighted by molar-refractivity contribution is 0.0696. The van der Waals surface area contributed by atoms with Crippen LogP contribution in [-0.4, -0.2) is 18.1 Å². The van der Waals surface area contributed by atoms with Gasteiger partial charge in [0, 0.05) is 7.05 Å². The first kappa shape index (κ1) is 10.9. The molecule has 0 saturated carbocycles. The Bertz CT molecular complexity index is 363. The number of nitrogens with one attached hydrogen (secondary N) is 1. The molecule has 14 heavy (non-hydrogen) atoms. The van der Waals surface area contributed by atoms with Crippen LogP contribution in [0.3, 0.4) is 0 Å². The first-order valence-electron chi connectivity index (χ1n) is 4.34.